The van der Waals surface area contributed by atoms with E-state index in [4.69, 9.17) is 9.47 Å². The van der Waals surface area contributed by atoms with E-state index in [0.717, 1.165) is 22.6 Å². The number of halogens is 1. The molecular formula is C26H23FN2O3S. The number of hydrogen-bond donors (Lipinski definition) is 0. The Hall–Kier alpha value is -3.58. The van der Waals surface area contributed by atoms with Gasteiger partial charge in [-0.25, -0.2) is 9.38 Å². The van der Waals surface area contributed by atoms with Gasteiger partial charge in [0.1, 0.15) is 23.9 Å². The van der Waals surface area contributed by atoms with E-state index >= 15 is 0 Å². The average Bonchev–Trinajstić information content (AvgIpc) is 3.12. The molecule has 0 aliphatic carbocycles. The maximum Gasteiger partial charge on any atom is 0.266 e. The summed E-state index contributed by atoms with van der Waals surface area (Å²) < 4.78 is 24.6. The molecule has 1 aliphatic rings. The van der Waals surface area contributed by atoms with Crippen molar-refractivity contribution in [3.63, 3.8) is 0 Å². The molecule has 3 aromatic rings. The van der Waals surface area contributed by atoms with E-state index in [2.05, 4.69) is 4.99 Å². The Bertz CT molecular complexity index is 1210. The van der Waals surface area contributed by atoms with Crippen LogP contribution in [0.3, 0.4) is 0 Å². The Morgan fingerprint density at radius 2 is 1.85 bits per heavy atom. The molecule has 0 atom stereocenters. The molecule has 33 heavy (non-hydrogen) atoms. The minimum absolute atomic E-state index is 0.102. The van der Waals surface area contributed by atoms with Crippen LogP contribution in [0.2, 0.25) is 0 Å². The van der Waals surface area contributed by atoms with Crippen molar-refractivity contribution < 1.29 is 18.7 Å². The van der Waals surface area contributed by atoms with Crippen molar-refractivity contribution in [1.82, 2.24) is 4.90 Å². The Labute approximate surface area is 196 Å². The van der Waals surface area contributed by atoms with Crippen LogP contribution in [0.4, 0.5) is 10.1 Å². The molecule has 1 fully saturated rings. The molecule has 0 N–H and O–H groups in total. The second kappa shape index (κ2) is 10.4. The molecule has 1 heterocycles. The van der Waals surface area contributed by atoms with Crippen LogP contribution in [0.15, 0.2) is 82.7 Å². The number of carbonyl (C=O) groups excluding carboxylic acids is 1. The lowest BCUT2D eigenvalue weighted by molar-refractivity contribution is -0.122. The van der Waals surface area contributed by atoms with Gasteiger partial charge in [-0.3, -0.25) is 9.69 Å². The first-order valence-corrected chi connectivity index (χ1v) is 11.3. The van der Waals surface area contributed by atoms with Gasteiger partial charge in [0, 0.05) is 12.1 Å². The number of amidine groups is 1. The molecule has 3 aromatic carbocycles. The van der Waals surface area contributed by atoms with E-state index < -0.39 is 0 Å². The third-order valence-electron chi connectivity index (χ3n) is 4.99. The number of thioether (sulfide) groups is 1. The lowest BCUT2D eigenvalue weighted by atomic mass is 10.1. The lowest BCUT2D eigenvalue weighted by Gasteiger charge is -2.12. The number of methoxy groups -OCH3 is 1. The largest absolute Gasteiger partial charge is 0.497 e. The van der Waals surface area contributed by atoms with Crippen LogP contribution in [0.5, 0.6) is 11.5 Å². The van der Waals surface area contributed by atoms with Crippen LogP contribution in [0.1, 0.15) is 18.1 Å². The number of aliphatic imine (C=N–C) groups is 1. The zero-order chi connectivity index (χ0) is 23.2. The number of carbonyl (C=O) groups is 1. The molecule has 7 heteroatoms. The Morgan fingerprint density at radius 3 is 2.58 bits per heavy atom. The summed E-state index contributed by atoms with van der Waals surface area (Å²) in [6.45, 7) is 2.65. The number of hydrogen-bond acceptors (Lipinski definition) is 5. The van der Waals surface area contributed by atoms with E-state index in [1.807, 2.05) is 67.6 Å². The van der Waals surface area contributed by atoms with Gasteiger partial charge >= 0.3 is 0 Å². The smallest absolute Gasteiger partial charge is 0.266 e. The number of amides is 1. The van der Waals surface area contributed by atoms with E-state index in [1.165, 1.54) is 23.9 Å². The van der Waals surface area contributed by atoms with Gasteiger partial charge in [0.15, 0.2) is 5.17 Å². The normalized spacial score (nSPS) is 16.0. The monoisotopic (exact) mass is 462 g/mol. The average molecular weight is 463 g/mol. The van der Waals surface area contributed by atoms with Crippen LogP contribution in [0, 0.1) is 5.82 Å². The van der Waals surface area contributed by atoms with Gasteiger partial charge in [0.2, 0.25) is 0 Å². The van der Waals surface area contributed by atoms with E-state index in [9.17, 15) is 9.18 Å². The van der Waals surface area contributed by atoms with Gasteiger partial charge < -0.3 is 9.47 Å². The highest BCUT2D eigenvalue weighted by Crippen LogP contribution is 2.35. The molecule has 4 rings (SSSR count). The zero-order valence-electron chi connectivity index (χ0n) is 18.3. The number of benzene rings is 3. The summed E-state index contributed by atoms with van der Waals surface area (Å²) >= 11 is 1.33. The van der Waals surface area contributed by atoms with E-state index in [1.54, 1.807) is 18.1 Å². The van der Waals surface area contributed by atoms with Gasteiger partial charge in [-0.15, -0.1) is 0 Å². The van der Waals surface area contributed by atoms with Crippen molar-refractivity contribution in [2.24, 2.45) is 4.99 Å². The Kier molecular flexibility index (Phi) is 7.10. The summed E-state index contributed by atoms with van der Waals surface area (Å²) in [7, 11) is 1.61. The first-order chi connectivity index (χ1) is 16.1. The third kappa shape index (κ3) is 5.43. The molecule has 0 unspecified atom stereocenters. The molecule has 1 aliphatic heterocycles. The van der Waals surface area contributed by atoms with Crippen molar-refractivity contribution >= 4 is 34.6 Å². The van der Waals surface area contributed by atoms with Gasteiger partial charge in [0.05, 0.1) is 17.7 Å². The summed E-state index contributed by atoms with van der Waals surface area (Å²) in [5.41, 5.74) is 2.24. The summed E-state index contributed by atoms with van der Waals surface area (Å²) in [5.74, 6) is 0.959. The predicted octanol–water partition coefficient (Wildman–Crippen LogP) is 6.04. The fraction of sp³-hybridized carbons (Fsp3) is 0.154. The van der Waals surface area contributed by atoms with Gasteiger partial charge in [-0.2, -0.15) is 0 Å². The molecular weight excluding hydrogens is 439 g/mol. The minimum Gasteiger partial charge on any atom is -0.497 e. The number of rotatable bonds is 7. The maximum atomic E-state index is 13.5. The Morgan fingerprint density at radius 1 is 1.06 bits per heavy atom. The molecule has 0 spiro atoms. The number of para-hydroxylation sites is 1. The van der Waals surface area contributed by atoms with Crippen molar-refractivity contribution in [2.45, 2.75) is 13.5 Å². The molecule has 0 saturated carbocycles. The lowest BCUT2D eigenvalue weighted by Crippen LogP contribution is -2.28. The standard InChI is InChI=1S/C26H23FN2O3S/c1-3-29-25(30)24(33-26(29)28-21-11-13-22(31-2)14-12-21)16-19-8-4-5-10-23(19)32-17-18-7-6-9-20(27)15-18/h4-16H,3,17H2,1-2H3/b24-16+,28-26?. The molecule has 0 aromatic heterocycles. The molecule has 5 nitrogen and oxygen atoms in total. The van der Waals surface area contributed by atoms with E-state index in [-0.39, 0.29) is 18.3 Å². The first-order valence-electron chi connectivity index (χ1n) is 10.5. The summed E-state index contributed by atoms with van der Waals surface area (Å²) in [5, 5.41) is 0.622. The van der Waals surface area contributed by atoms with Crippen molar-refractivity contribution in [2.75, 3.05) is 13.7 Å². The van der Waals surface area contributed by atoms with Gasteiger partial charge in [0.25, 0.3) is 5.91 Å². The molecule has 1 saturated heterocycles. The topological polar surface area (TPSA) is 51.1 Å². The number of nitrogens with zero attached hydrogens (tertiary/aromatic N) is 2. The second-order valence-corrected chi connectivity index (χ2v) is 8.22. The summed E-state index contributed by atoms with van der Waals surface area (Å²) in [4.78, 5) is 19.9. The highest BCUT2D eigenvalue weighted by Gasteiger charge is 2.32. The molecule has 1 amide bonds. The van der Waals surface area contributed by atoms with Crippen LogP contribution in [0.25, 0.3) is 6.08 Å². The third-order valence-corrected chi connectivity index (χ3v) is 6.00. The van der Waals surface area contributed by atoms with Crippen molar-refractivity contribution in [1.29, 1.82) is 0 Å². The van der Waals surface area contributed by atoms with Crippen LogP contribution in [-0.4, -0.2) is 29.6 Å². The van der Waals surface area contributed by atoms with Crippen LogP contribution < -0.4 is 9.47 Å². The molecule has 0 radical (unpaired) electrons. The quantitative estimate of drug-likeness (QED) is 0.402. The van der Waals surface area contributed by atoms with Crippen molar-refractivity contribution in [3.05, 3.63) is 94.6 Å². The highest BCUT2D eigenvalue weighted by atomic mass is 32.2. The number of likely N-dealkylation sites (N-methyl/N-ethyl adjacent to an activating group) is 1. The second-order valence-electron chi connectivity index (χ2n) is 7.21. The van der Waals surface area contributed by atoms with Gasteiger partial charge in [-0.1, -0.05) is 30.3 Å². The fourth-order valence-corrected chi connectivity index (χ4v) is 4.35. The first kappa shape index (κ1) is 22.6. The fourth-order valence-electron chi connectivity index (χ4n) is 3.30. The van der Waals surface area contributed by atoms with Crippen LogP contribution in [-0.2, 0) is 11.4 Å². The maximum absolute atomic E-state index is 13.5. The summed E-state index contributed by atoms with van der Waals surface area (Å²) in [6.07, 6.45) is 1.81. The van der Waals surface area contributed by atoms with Crippen LogP contribution >= 0.6 is 11.8 Å². The number of ether oxygens (including phenoxy) is 2. The Balaban J connectivity index is 1.57. The minimum atomic E-state index is -0.303. The van der Waals surface area contributed by atoms with Crippen molar-refractivity contribution in [3.8, 4) is 11.5 Å². The predicted molar refractivity (Wildman–Crippen MR) is 130 cm³/mol. The molecule has 0 bridgehead atoms. The SMILES string of the molecule is CCN1C(=O)/C(=C\c2ccccc2OCc2cccc(F)c2)SC1=Nc1ccc(OC)cc1. The van der Waals surface area contributed by atoms with E-state index in [0.29, 0.717) is 22.4 Å². The van der Waals surface area contributed by atoms with Gasteiger partial charge in [-0.05, 0) is 72.8 Å². The summed E-state index contributed by atoms with van der Waals surface area (Å²) in [6, 6.07) is 21.1. The zero-order valence-corrected chi connectivity index (χ0v) is 19.1. The highest BCUT2D eigenvalue weighted by molar-refractivity contribution is 8.18. The molecule has 168 valence electrons.